The van der Waals surface area contributed by atoms with Gasteiger partial charge in [-0.3, -0.25) is 4.79 Å². The van der Waals surface area contributed by atoms with Gasteiger partial charge in [0.15, 0.2) is 0 Å². The SMILES string of the molecule is COc1ccc(NC(=O)c2cc(-c3ccco3)[nH]c(=O)n2)cc1. The molecular weight excluding hydrogens is 298 g/mol. The number of carbonyl (C=O) groups is 1. The van der Waals surface area contributed by atoms with E-state index in [9.17, 15) is 9.59 Å². The van der Waals surface area contributed by atoms with Crippen LogP contribution in [-0.4, -0.2) is 23.0 Å². The van der Waals surface area contributed by atoms with E-state index in [0.717, 1.165) is 0 Å². The minimum absolute atomic E-state index is 0.00373. The monoisotopic (exact) mass is 311 g/mol. The number of amides is 1. The summed E-state index contributed by atoms with van der Waals surface area (Å²) in [4.78, 5) is 30.1. The number of rotatable bonds is 4. The lowest BCUT2D eigenvalue weighted by Crippen LogP contribution is -2.21. The lowest BCUT2D eigenvalue weighted by atomic mass is 10.2. The number of ether oxygens (including phenoxy) is 1. The number of nitrogens with zero attached hydrogens (tertiary/aromatic N) is 1. The fraction of sp³-hybridized carbons (Fsp3) is 0.0625. The second-order valence-corrected chi connectivity index (χ2v) is 4.65. The molecule has 116 valence electrons. The summed E-state index contributed by atoms with van der Waals surface area (Å²) in [6, 6.07) is 11.6. The molecule has 2 heterocycles. The number of aromatic nitrogens is 2. The van der Waals surface area contributed by atoms with Gasteiger partial charge in [-0.1, -0.05) is 0 Å². The average Bonchev–Trinajstić information content (AvgIpc) is 3.09. The zero-order chi connectivity index (χ0) is 16.2. The van der Waals surface area contributed by atoms with Gasteiger partial charge < -0.3 is 19.5 Å². The van der Waals surface area contributed by atoms with Crippen LogP contribution in [0.3, 0.4) is 0 Å². The van der Waals surface area contributed by atoms with Gasteiger partial charge in [-0.2, -0.15) is 4.98 Å². The summed E-state index contributed by atoms with van der Waals surface area (Å²) in [7, 11) is 1.56. The van der Waals surface area contributed by atoms with Crippen LogP contribution in [0.4, 0.5) is 5.69 Å². The molecule has 0 aliphatic carbocycles. The van der Waals surface area contributed by atoms with Crippen molar-refractivity contribution in [2.45, 2.75) is 0 Å². The van der Waals surface area contributed by atoms with Crippen LogP contribution in [-0.2, 0) is 0 Å². The van der Waals surface area contributed by atoms with Gasteiger partial charge in [-0.25, -0.2) is 4.79 Å². The lowest BCUT2D eigenvalue weighted by molar-refractivity contribution is 0.102. The first kappa shape index (κ1) is 14.6. The van der Waals surface area contributed by atoms with E-state index in [1.54, 1.807) is 43.5 Å². The number of nitrogens with one attached hydrogen (secondary N) is 2. The predicted molar refractivity (Wildman–Crippen MR) is 83.5 cm³/mol. The smallest absolute Gasteiger partial charge is 0.346 e. The van der Waals surface area contributed by atoms with E-state index in [0.29, 0.717) is 22.9 Å². The van der Waals surface area contributed by atoms with E-state index in [1.807, 2.05) is 0 Å². The third-order valence-corrected chi connectivity index (χ3v) is 3.11. The van der Waals surface area contributed by atoms with Crippen molar-refractivity contribution >= 4 is 11.6 Å². The summed E-state index contributed by atoms with van der Waals surface area (Å²) in [5.41, 5.74) is 0.321. The van der Waals surface area contributed by atoms with Gasteiger partial charge in [-0.05, 0) is 42.5 Å². The Kier molecular flexibility index (Phi) is 3.92. The quantitative estimate of drug-likeness (QED) is 0.770. The molecule has 0 fully saturated rings. The highest BCUT2D eigenvalue weighted by Crippen LogP contribution is 2.18. The number of furan rings is 1. The first-order chi connectivity index (χ1) is 11.2. The maximum atomic E-state index is 12.3. The number of carbonyl (C=O) groups excluding carboxylic acids is 1. The molecule has 1 aromatic carbocycles. The lowest BCUT2D eigenvalue weighted by Gasteiger charge is -2.06. The van der Waals surface area contributed by atoms with Crippen LogP contribution in [0, 0.1) is 0 Å². The molecule has 0 aliphatic heterocycles. The number of H-pyrrole nitrogens is 1. The summed E-state index contributed by atoms with van der Waals surface area (Å²) in [5.74, 6) is 0.634. The Morgan fingerprint density at radius 2 is 2.04 bits per heavy atom. The highest BCUT2D eigenvalue weighted by Gasteiger charge is 2.12. The number of benzene rings is 1. The zero-order valence-corrected chi connectivity index (χ0v) is 12.2. The van der Waals surface area contributed by atoms with Gasteiger partial charge in [-0.15, -0.1) is 0 Å². The van der Waals surface area contributed by atoms with Gasteiger partial charge in [0.05, 0.1) is 19.1 Å². The molecule has 23 heavy (non-hydrogen) atoms. The van der Waals surface area contributed by atoms with Crippen molar-refractivity contribution in [2.75, 3.05) is 12.4 Å². The first-order valence-electron chi connectivity index (χ1n) is 6.76. The molecule has 7 nitrogen and oxygen atoms in total. The van der Waals surface area contributed by atoms with Crippen molar-refractivity contribution in [1.29, 1.82) is 0 Å². The van der Waals surface area contributed by atoms with Crippen LogP contribution in [0.1, 0.15) is 10.5 Å². The van der Waals surface area contributed by atoms with E-state index in [1.165, 1.54) is 12.3 Å². The summed E-state index contributed by atoms with van der Waals surface area (Å²) < 4.78 is 10.3. The van der Waals surface area contributed by atoms with Crippen LogP contribution in [0.2, 0.25) is 0 Å². The Bertz CT molecular complexity index is 867. The third kappa shape index (κ3) is 3.29. The Hall–Kier alpha value is -3.35. The Morgan fingerprint density at radius 3 is 2.70 bits per heavy atom. The third-order valence-electron chi connectivity index (χ3n) is 3.11. The van der Waals surface area contributed by atoms with Crippen LogP contribution < -0.4 is 15.7 Å². The standard InChI is InChI=1S/C16H13N3O4/c1-22-11-6-4-10(5-7-11)17-15(20)13-9-12(18-16(21)19-13)14-3-2-8-23-14/h2-9H,1H3,(H,17,20)(H,18,19,21). The van der Waals surface area contributed by atoms with Crippen molar-refractivity contribution in [3.05, 3.63) is 64.9 Å². The summed E-state index contributed by atoms with van der Waals surface area (Å²) in [5, 5.41) is 2.67. The largest absolute Gasteiger partial charge is 0.497 e. The number of aromatic amines is 1. The molecular formula is C16H13N3O4. The van der Waals surface area contributed by atoms with Crippen molar-refractivity contribution in [3.8, 4) is 17.2 Å². The molecule has 2 N–H and O–H groups in total. The number of hydrogen-bond acceptors (Lipinski definition) is 5. The van der Waals surface area contributed by atoms with Gasteiger partial charge >= 0.3 is 5.69 Å². The number of methoxy groups -OCH3 is 1. The molecule has 0 saturated heterocycles. The molecule has 2 aromatic heterocycles. The summed E-state index contributed by atoms with van der Waals surface area (Å²) in [6.45, 7) is 0. The van der Waals surface area contributed by atoms with Crippen molar-refractivity contribution < 1.29 is 13.9 Å². The molecule has 3 aromatic rings. The highest BCUT2D eigenvalue weighted by atomic mass is 16.5. The van der Waals surface area contributed by atoms with Gasteiger partial charge in [0.1, 0.15) is 17.2 Å². The maximum absolute atomic E-state index is 12.3. The topological polar surface area (TPSA) is 97.2 Å². The highest BCUT2D eigenvalue weighted by molar-refractivity contribution is 6.03. The molecule has 3 rings (SSSR count). The Labute approximate surface area is 130 Å². The molecule has 0 atom stereocenters. The first-order valence-corrected chi connectivity index (χ1v) is 6.76. The molecule has 0 spiro atoms. The second kappa shape index (κ2) is 6.18. The van der Waals surface area contributed by atoms with Crippen LogP contribution in [0.15, 0.2) is 57.9 Å². The molecule has 0 unspecified atom stereocenters. The molecule has 0 aliphatic rings. The number of hydrogen-bond donors (Lipinski definition) is 2. The molecule has 0 radical (unpaired) electrons. The van der Waals surface area contributed by atoms with Crippen LogP contribution in [0.5, 0.6) is 5.75 Å². The summed E-state index contributed by atoms with van der Waals surface area (Å²) >= 11 is 0. The van der Waals surface area contributed by atoms with E-state index in [2.05, 4.69) is 15.3 Å². The Balaban J connectivity index is 1.85. The molecule has 0 saturated carbocycles. The minimum Gasteiger partial charge on any atom is -0.497 e. The van der Waals surface area contributed by atoms with E-state index in [-0.39, 0.29) is 5.69 Å². The van der Waals surface area contributed by atoms with Crippen LogP contribution in [0.25, 0.3) is 11.5 Å². The Morgan fingerprint density at radius 1 is 1.26 bits per heavy atom. The fourth-order valence-electron chi connectivity index (χ4n) is 2.01. The van der Waals surface area contributed by atoms with Gasteiger partial charge in [0.2, 0.25) is 0 Å². The van der Waals surface area contributed by atoms with E-state index < -0.39 is 11.6 Å². The zero-order valence-electron chi connectivity index (χ0n) is 12.2. The molecule has 7 heteroatoms. The average molecular weight is 311 g/mol. The van der Waals surface area contributed by atoms with Crippen molar-refractivity contribution in [2.24, 2.45) is 0 Å². The van der Waals surface area contributed by atoms with Crippen molar-refractivity contribution in [3.63, 3.8) is 0 Å². The second-order valence-electron chi connectivity index (χ2n) is 4.65. The van der Waals surface area contributed by atoms with Gasteiger partial charge in [0.25, 0.3) is 5.91 Å². The van der Waals surface area contributed by atoms with Crippen molar-refractivity contribution in [1.82, 2.24) is 9.97 Å². The summed E-state index contributed by atoms with van der Waals surface area (Å²) in [6.07, 6.45) is 1.48. The predicted octanol–water partition coefficient (Wildman–Crippen LogP) is 2.29. The van der Waals surface area contributed by atoms with Crippen LogP contribution >= 0.6 is 0 Å². The fourth-order valence-corrected chi connectivity index (χ4v) is 2.01. The molecule has 1 amide bonds. The molecule has 0 bridgehead atoms. The number of anilines is 1. The maximum Gasteiger partial charge on any atom is 0.346 e. The van der Waals surface area contributed by atoms with E-state index >= 15 is 0 Å². The van der Waals surface area contributed by atoms with E-state index in [4.69, 9.17) is 9.15 Å². The normalized spacial score (nSPS) is 10.3. The minimum atomic E-state index is -0.626. The van der Waals surface area contributed by atoms with Gasteiger partial charge in [0, 0.05) is 5.69 Å².